The number of aromatic amines is 1. The summed E-state index contributed by atoms with van der Waals surface area (Å²) in [5.74, 6) is 0.470. The van der Waals surface area contributed by atoms with Gasteiger partial charge in [-0.15, -0.1) is 0 Å². The van der Waals surface area contributed by atoms with Gasteiger partial charge in [0.1, 0.15) is 5.52 Å². The highest BCUT2D eigenvalue weighted by molar-refractivity contribution is 9.10. The van der Waals surface area contributed by atoms with Crippen molar-refractivity contribution < 1.29 is 0 Å². The lowest BCUT2D eigenvalue weighted by atomic mass is 10.3. The Morgan fingerprint density at radius 1 is 1.10 bits per heavy atom. The predicted molar refractivity (Wildman–Crippen MR) is 84.1 cm³/mol. The number of nitrogens with zero attached hydrogens (tertiary/aromatic N) is 3. The number of halogens is 4. The molecule has 3 aromatic rings. The maximum absolute atomic E-state index is 6.19. The molecule has 0 saturated carbocycles. The number of hydrogen-bond acceptors (Lipinski definition) is 4. The van der Waals surface area contributed by atoms with Gasteiger partial charge in [0, 0.05) is 4.47 Å². The van der Waals surface area contributed by atoms with Crippen molar-refractivity contribution in [1.82, 2.24) is 19.9 Å². The summed E-state index contributed by atoms with van der Waals surface area (Å²) in [7, 11) is 0. The number of fused-ring (bicyclic) bond motifs is 1. The lowest BCUT2D eigenvalue weighted by molar-refractivity contribution is 1.20. The third kappa shape index (κ3) is 2.44. The first-order valence-electron chi connectivity index (χ1n) is 5.33. The molecule has 0 bridgehead atoms. The van der Waals surface area contributed by atoms with Gasteiger partial charge in [0.15, 0.2) is 11.5 Å². The second-order valence-electron chi connectivity index (χ2n) is 3.79. The molecule has 3 rings (SSSR count). The molecule has 1 aromatic carbocycles. The third-order valence-electron chi connectivity index (χ3n) is 2.55. The number of rotatable bonds is 2. The van der Waals surface area contributed by atoms with Crippen LogP contribution in [0, 0.1) is 0 Å². The van der Waals surface area contributed by atoms with E-state index in [1.807, 2.05) is 0 Å². The van der Waals surface area contributed by atoms with Crippen molar-refractivity contribution in [1.29, 1.82) is 0 Å². The molecule has 2 heterocycles. The summed E-state index contributed by atoms with van der Waals surface area (Å²) in [5, 5.41) is 3.95. The van der Waals surface area contributed by atoms with Gasteiger partial charge in [-0.1, -0.05) is 23.2 Å². The van der Waals surface area contributed by atoms with Crippen molar-refractivity contribution in [2.45, 2.75) is 0 Å². The first-order valence-corrected chi connectivity index (χ1v) is 7.26. The molecule has 0 amide bonds. The van der Waals surface area contributed by atoms with Crippen molar-refractivity contribution in [2.24, 2.45) is 0 Å². The van der Waals surface area contributed by atoms with E-state index in [0.29, 0.717) is 37.2 Å². The van der Waals surface area contributed by atoms with E-state index in [0.717, 1.165) is 0 Å². The Morgan fingerprint density at radius 2 is 1.90 bits per heavy atom. The van der Waals surface area contributed by atoms with E-state index in [9.17, 15) is 0 Å². The molecule has 0 aliphatic rings. The minimum Gasteiger partial charge on any atom is -0.340 e. The van der Waals surface area contributed by atoms with Crippen molar-refractivity contribution in [3.63, 3.8) is 0 Å². The minimum absolute atomic E-state index is 0.0893. The molecule has 102 valence electrons. The number of aromatic nitrogens is 4. The predicted octanol–water partition coefficient (Wildman–Crippen LogP) is 4.82. The monoisotopic (exact) mass is 391 g/mol. The minimum atomic E-state index is 0.0893. The first kappa shape index (κ1) is 13.9. The van der Waals surface area contributed by atoms with Crippen LogP contribution in [-0.4, -0.2) is 19.9 Å². The van der Waals surface area contributed by atoms with Crippen molar-refractivity contribution in [3.05, 3.63) is 38.3 Å². The van der Waals surface area contributed by atoms with Crippen LogP contribution in [0.5, 0.6) is 0 Å². The Kier molecular flexibility index (Phi) is 3.72. The maximum Gasteiger partial charge on any atom is 0.226 e. The fraction of sp³-hybridized carbons (Fsp3) is 0. The summed E-state index contributed by atoms with van der Waals surface area (Å²) in [4.78, 5) is 15.1. The highest BCUT2D eigenvalue weighted by atomic mass is 79.9. The molecule has 0 aliphatic heterocycles. The first-order chi connectivity index (χ1) is 9.56. The van der Waals surface area contributed by atoms with Gasteiger partial charge < -0.3 is 10.3 Å². The van der Waals surface area contributed by atoms with Crippen LogP contribution in [0.4, 0.5) is 11.5 Å². The maximum atomic E-state index is 6.19. The van der Waals surface area contributed by atoms with Gasteiger partial charge >= 0.3 is 0 Å². The molecule has 0 radical (unpaired) electrons. The lowest BCUT2D eigenvalue weighted by Gasteiger charge is -2.10. The van der Waals surface area contributed by atoms with Crippen LogP contribution in [0.2, 0.25) is 15.3 Å². The van der Waals surface area contributed by atoms with Crippen molar-refractivity contribution >= 4 is 73.4 Å². The number of nitrogens with one attached hydrogen (secondary N) is 2. The zero-order chi connectivity index (χ0) is 14.3. The Balaban J connectivity index is 2.10. The van der Waals surface area contributed by atoms with Gasteiger partial charge in [0.25, 0.3) is 0 Å². The zero-order valence-corrected chi connectivity index (χ0v) is 13.4. The normalized spacial score (nSPS) is 11.0. The molecular weight excluding hydrogens is 388 g/mol. The van der Waals surface area contributed by atoms with Crippen LogP contribution in [0.3, 0.4) is 0 Å². The van der Waals surface area contributed by atoms with Gasteiger partial charge in [0.05, 0.1) is 22.1 Å². The van der Waals surface area contributed by atoms with Gasteiger partial charge in [0.2, 0.25) is 5.28 Å². The molecule has 5 nitrogen and oxygen atoms in total. The molecule has 0 fully saturated rings. The van der Waals surface area contributed by atoms with Gasteiger partial charge in [-0.05, 0) is 39.7 Å². The number of imidazole rings is 1. The highest BCUT2D eigenvalue weighted by Gasteiger charge is 2.13. The molecule has 0 atom stereocenters. The standard InChI is InChI=1S/C11H5BrCl3N5/c12-4-1-2-5(7(14)6(4)13)18-10-8-9(17-3-16-8)19-11(15)20-10/h1-3H,(H2,16,17,18,19,20). The Hall–Kier alpha value is -1.08. The van der Waals surface area contributed by atoms with Gasteiger partial charge in [-0.2, -0.15) is 9.97 Å². The summed E-state index contributed by atoms with van der Waals surface area (Å²) in [5.41, 5.74) is 1.70. The molecule has 9 heteroatoms. The Labute approximate surface area is 136 Å². The summed E-state index contributed by atoms with van der Waals surface area (Å²) >= 11 is 21.4. The second-order valence-corrected chi connectivity index (χ2v) is 5.74. The average Bonchev–Trinajstić information content (AvgIpc) is 2.87. The largest absolute Gasteiger partial charge is 0.340 e. The molecule has 2 N–H and O–H groups in total. The second kappa shape index (κ2) is 5.37. The van der Waals surface area contributed by atoms with E-state index in [-0.39, 0.29) is 5.28 Å². The fourth-order valence-electron chi connectivity index (χ4n) is 1.65. The van der Waals surface area contributed by atoms with E-state index in [1.54, 1.807) is 12.1 Å². The summed E-state index contributed by atoms with van der Waals surface area (Å²) in [6, 6.07) is 3.56. The van der Waals surface area contributed by atoms with E-state index < -0.39 is 0 Å². The summed E-state index contributed by atoms with van der Waals surface area (Å²) in [6.07, 6.45) is 1.51. The van der Waals surface area contributed by atoms with Crippen molar-refractivity contribution in [2.75, 3.05) is 5.32 Å². The Bertz CT molecular complexity index is 804. The van der Waals surface area contributed by atoms with E-state index >= 15 is 0 Å². The third-order valence-corrected chi connectivity index (χ3v) is 4.49. The van der Waals surface area contributed by atoms with E-state index in [1.165, 1.54) is 6.33 Å². The van der Waals surface area contributed by atoms with E-state index in [4.69, 9.17) is 34.8 Å². The smallest absolute Gasteiger partial charge is 0.226 e. The van der Waals surface area contributed by atoms with Gasteiger partial charge in [-0.3, -0.25) is 0 Å². The molecule has 0 spiro atoms. The number of H-pyrrole nitrogens is 1. The SMILES string of the molecule is Clc1nc(Nc2ccc(Br)c(Cl)c2Cl)c2[nH]cnc2n1. The number of anilines is 2. The topological polar surface area (TPSA) is 66.5 Å². The highest BCUT2D eigenvalue weighted by Crippen LogP contribution is 2.37. The zero-order valence-electron chi connectivity index (χ0n) is 9.59. The number of benzene rings is 1. The fourth-order valence-corrected chi connectivity index (χ4v) is 2.63. The van der Waals surface area contributed by atoms with E-state index in [2.05, 4.69) is 41.2 Å². The molecular formula is C11H5BrCl3N5. The summed E-state index contributed by atoms with van der Waals surface area (Å²) in [6.45, 7) is 0. The van der Waals surface area contributed by atoms with Crippen LogP contribution >= 0.6 is 50.7 Å². The molecule has 0 unspecified atom stereocenters. The lowest BCUT2D eigenvalue weighted by Crippen LogP contribution is -1.98. The van der Waals surface area contributed by atoms with Crippen LogP contribution < -0.4 is 5.32 Å². The van der Waals surface area contributed by atoms with Crippen LogP contribution in [0.25, 0.3) is 11.2 Å². The van der Waals surface area contributed by atoms with Crippen LogP contribution in [0.15, 0.2) is 22.9 Å². The molecule has 20 heavy (non-hydrogen) atoms. The average molecular weight is 393 g/mol. The molecule has 2 aromatic heterocycles. The number of hydrogen-bond donors (Lipinski definition) is 2. The van der Waals surface area contributed by atoms with Crippen LogP contribution in [-0.2, 0) is 0 Å². The molecule has 0 aliphatic carbocycles. The van der Waals surface area contributed by atoms with Gasteiger partial charge in [-0.25, -0.2) is 4.98 Å². The quantitative estimate of drug-likeness (QED) is 0.484. The Morgan fingerprint density at radius 3 is 2.70 bits per heavy atom. The molecule has 0 saturated heterocycles. The van der Waals surface area contributed by atoms with Crippen LogP contribution in [0.1, 0.15) is 0 Å². The van der Waals surface area contributed by atoms with Crippen molar-refractivity contribution in [3.8, 4) is 0 Å². The summed E-state index contributed by atoms with van der Waals surface area (Å²) < 4.78 is 0.710.